The number of carbonyl (C=O) groups is 2. The van der Waals surface area contributed by atoms with E-state index in [1.807, 2.05) is 0 Å². The molecule has 1 N–H and O–H groups in total. The normalized spacial score (nSPS) is 12.5. The summed E-state index contributed by atoms with van der Waals surface area (Å²) in [5, 5.41) is 9.56. The summed E-state index contributed by atoms with van der Waals surface area (Å²) in [5.41, 5.74) is 0. The molecule has 0 heterocycles. The zero-order chi connectivity index (χ0) is 35.0. The molecule has 280 valence electrons. The van der Waals surface area contributed by atoms with Gasteiger partial charge in [-0.2, -0.15) is 0 Å². The van der Waals surface area contributed by atoms with Gasteiger partial charge in [0.05, 0.1) is 6.61 Å². The van der Waals surface area contributed by atoms with Gasteiger partial charge in [-0.25, -0.2) is 0 Å². The lowest BCUT2D eigenvalue weighted by atomic mass is 10.1. The molecule has 0 aromatic heterocycles. The highest BCUT2D eigenvalue weighted by atomic mass is 16.6. The molecular weight excluding hydrogens is 596 g/mol. The monoisotopic (exact) mass is 675 g/mol. The first kappa shape index (κ1) is 46.1. The van der Waals surface area contributed by atoms with E-state index in [0.717, 1.165) is 51.4 Å². The van der Waals surface area contributed by atoms with Crippen LogP contribution in [0.25, 0.3) is 0 Å². The fraction of sp³-hybridized carbons (Fsp3) is 0.814. The highest BCUT2D eigenvalue weighted by Gasteiger charge is 2.16. The van der Waals surface area contributed by atoms with Gasteiger partial charge in [0.1, 0.15) is 6.61 Å². The summed E-state index contributed by atoms with van der Waals surface area (Å²) in [4.78, 5) is 24.3. The van der Waals surface area contributed by atoms with E-state index in [0.29, 0.717) is 12.8 Å². The maximum atomic E-state index is 12.2. The maximum absolute atomic E-state index is 12.2. The highest BCUT2D eigenvalue weighted by Crippen LogP contribution is 2.13. The molecule has 0 bridgehead atoms. The summed E-state index contributed by atoms with van der Waals surface area (Å²) in [5.74, 6) is -0.601. The molecule has 0 spiro atoms. The van der Waals surface area contributed by atoms with Gasteiger partial charge in [0.15, 0.2) is 6.10 Å². The van der Waals surface area contributed by atoms with Crippen LogP contribution in [0.4, 0.5) is 0 Å². The fourth-order valence-electron chi connectivity index (χ4n) is 5.75. The van der Waals surface area contributed by atoms with Gasteiger partial charge in [-0.15, -0.1) is 0 Å². The first-order chi connectivity index (χ1) is 23.6. The number of rotatable bonds is 37. The van der Waals surface area contributed by atoms with Gasteiger partial charge in [0.25, 0.3) is 0 Å². The lowest BCUT2D eigenvalue weighted by molar-refractivity contribution is -0.161. The molecule has 1 atom stereocenters. The lowest BCUT2D eigenvalue weighted by Gasteiger charge is -2.15. The summed E-state index contributed by atoms with van der Waals surface area (Å²) < 4.78 is 10.6. The smallest absolute Gasteiger partial charge is 0.306 e. The second kappa shape index (κ2) is 39.6. The number of carbonyl (C=O) groups excluding carboxylic acids is 2. The molecule has 0 aliphatic carbocycles. The van der Waals surface area contributed by atoms with Crippen LogP contribution >= 0.6 is 0 Å². The van der Waals surface area contributed by atoms with E-state index in [1.165, 1.54) is 128 Å². The zero-order valence-electron chi connectivity index (χ0n) is 31.7. The van der Waals surface area contributed by atoms with Gasteiger partial charge >= 0.3 is 11.9 Å². The van der Waals surface area contributed by atoms with Gasteiger partial charge in [-0.1, -0.05) is 159 Å². The molecule has 0 rings (SSSR count). The zero-order valence-corrected chi connectivity index (χ0v) is 31.7. The van der Waals surface area contributed by atoms with Crippen molar-refractivity contribution < 1.29 is 24.2 Å². The second-order valence-corrected chi connectivity index (χ2v) is 13.7. The number of aliphatic hydroxyl groups excluding tert-OH is 1. The van der Waals surface area contributed by atoms with Crippen LogP contribution in [0.15, 0.2) is 36.5 Å². The highest BCUT2D eigenvalue weighted by molar-refractivity contribution is 5.70. The van der Waals surface area contributed by atoms with Crippen molar-refractivity contribution >= 4 is 11.9 Å². The van der Waals surface area contributed by atoms with Crippen molar-refractivity contribution in [3.05, 3.63) is 36.5 Å². The van der Waals surface area contributed by atoms with Crippen LogP contribution in [0.2, 0.25) is 0 Å². The van der Waals surface area contributed by atoms with Crippen molar-refractivity contribution in [1.29, 1.82) is 0 Å². The van der Waals surface area contributed by atoms with Crippen LogP contribution in [-0.4, -0.2) is 36.4 Å². The predicted octanol–water partition coefficient (Wildman–Crippen LogP) is 12.8. The quantitative estimate of drug-likeness (QED) is 0.0403. The Bertz CT molecular complexity index is 771. The molecule has 1 unspecified atom stereocenters. The van der Waals surface area contributed by atoms with Crippen LogP contribution in [-0.2, 0) is 19.1 Å². The van der Waals surface area contributed by atoms with Crippen LogP contribution in [0, 0.1) is 0 Å². The average molecular weight is 675 g/mol. The van der Waals surface area contributed by atoms with Gasteiger partial charge in [0, 0.05) is 12.8 Å². The molecule has 0 amide bonds. The summed E-state index contributed by atoms with van der Waals surface area (Å²) >= 11 is 0. The fourth-order valence-corrected chi connectivity index (χ4v) is 5.75. The number of hydrogen-bond acceptors (Lipinski definition) is 5. The third-order valence-corrected chi connectivity index (χ3v) is 8.91. The molecule has 0 saturated heterocycles. The molecule has 0 aliphatic heterocycles. The van der Waals surface area contributed by atoms with Crippen molar-refractivity contribution in [2.75, 3.05) is 13.2 Å². The molecule has 5 heteroatoms. The van der Waals surface area contributed by atoms with Gasteiger partial charge in [-0.05, 0) is 70.6 Å². The van der Waals surface area contributed by atoms with E-state index in [4.69, 9.17) is 9.47 Å². The van der Waals surface area contributed by atoms with Gasteiger partial charge in [0.2, 0.25) is 0 Å². The Hall–Kier alpha value is -1.88. The third kappa shape index (κ3) is 36.9. The van der Waals surface area contributed by atoms with E-state index in [-0.39, 0.29) is 25.2 Å². The summed E-state index contributed by atoms with van der Waals surface area (Å²) in [6.07, 6.45) is 47.7. The number of unbranched alkanes of at least 4 members (excludes halogenated alkanes) is 23. The van der Waals surface area contributed by atoms with Gasteiger partial charge < -0.3 is 14.6 Å². The summed E-state index contributed by atoms with van der Waals surface area (Å²) in [6, 6.07) is 0. The van der Waals surface area contributed by atoms with E-state index in [2.05, 4.69) is 50.3 Å². The minimum Gasteiger partial charge on any atom is -0.462 e. The standard InChI is InChI=1S/C43H78O5/c1-3-5-7-9-11-13-15-17-19-21-23-25-27-29-31-33-35-37-42(45)47-40-41(39-44)48-43(46)38-36-34-32-30-28-26-24-22-20-18-16-14-12-10-8-6-4-2/h12,14,17-20,41,44H,3-11,13,15-16,21-40H2,1-2H3/b14-12-,19-17-,20-18-. The predicted molar refractivity (Wildman–Crippen MR) is 205 cm³/mol. The minimum atomic E-state index is -0.775. The van der Waals surface area contributed by atoms with E-state index in [9.17, 15) is 14.7 Å². The van der Waals surface area contributed by atoms with Crippen LogP contribution in [0.3, 0.4) is 0 Å². The maximum Gasteiger partial charge on any atom is 0.306 e. The van der Waals surface area contributed by atoms with E-state index in [1.54, 1.807) is 0 Å². The Labute approximate surface area is 297 Å². The molecule has 0 aliphatic rings. The van der Waals surface area contributed by atoms with Crippen LogP contribution in [0.5, 0.6) is 0 Å². The Morgan fingerprint density at radius 3 is 1.29 bits per heavy atom. The van der Waals surface area contributed by atoms with E-state index >= 15 is 0 Å². The van der Waals surface area contributed by atoms with Crippen molar-refractivity contribution in [3.8, 4) is 0 Å². The number of allylic oxidation sites excluding steroid dienone is 6. The molecule has 0 fully saturated rings. The molecule has 48 heavy (non-hydrogen) atoms. The van der Waals surface area contributed by atoms with E-state index < -0.39 is 6.10 Å². The Morgan fingerprint density at radius 2 is 0.833 bits per heavy atom. The van der Waals surface area contributed by atoms with Crippen LogP contribution in [0.1, 0.15) is 206 Å². The van der Waals surface area contributed by atoms with Crippen LogP contribution < -0.4 is 0 Å². The van der Waals surface area contributed by atoms with Crippen molar-refractivity contribution in [1.82, 2.24) is 0 Å². The topological polar surface area (TPSA) is 72.8 Å². The SMILES string of the molecule is CCCCC/C=C\C/C=C\CCCCCCCCCC(=O)OC(CO)COC(=O)CCCCCCCCC/C=C\CCCCCCCC. The molecule has 0 aromatic rings. The average Bonchev–Trinajstić information content (AvgIpc) is 3.09. The molecular formula is C43H78O5. The minimum absolute atomic E-state index is 0.0700. The Balaban J connectivity index is 3.56. The largest absolute Gasteiger partial charge is 0.462 e. The summed E-state index contributed by atoms with van der Waals surface area (Å²) in [7, 11) is 0. The Morgan fingerprint density at radius 1 is 0.479 bits per heavy atom. The lowest BCUT2D eigenvalue weighted by Crippen LogP contribution is -2.28. The molecule has 0 saturated carbocycles. The molecule has 0 radical (unpaired) electrons. The third-order valence-electron chi connectivity index (χ3n) is 8.91. The second-order valence-electron chi connectivity index (χ2n) is 13.7. The van der Waals surface area contributed by atoms with Crippen molar-refractivity contribution in [2.24, 2.45) is 0 Å². The number of aliphatic hydroxyl groups is 1. The molecule has 0 aromatic carbocycles. The van der Waals surface area contributed by atoms with Gasteiger partial charge in [-0.3, -0.25) is 9.59 Å². The number of hydrogen-bond donors (Lipinski definition) is 1. The van der Waals surface area contributed by atoms with Crippen molar-refractivity contribution in [2.45, 2.75) is 213 Å². The number of ether oxygens (including phenoxy) is 2. The summed E-state index contributed by atoms with van der Waals surface area (Å²) in [6.45, 7) is 4.10. The first-order valence-corrected chi connectivity index (χ1v) is 20.5. The first-order valence-electron chi connectivity index (χ1n) is 20.5. The molecule has 5 nitrogen and oxygen atoms in total. The Kier molecular flexibility index (Phi) is 38.0. The number of esters is 2. The van der Waals surface area contributed by atoms with Crippen molar-refractivity contribution in [3.63, 3.8) is 0 Å².